The third-order valence-corrected chi connectivity index (χ3v) is 12.7. The molecule has 1 unspecified atom stereocenters. The zero-order chi connectivity index (χ0) is 32.6. The van der Waals surface area contributed by atoms with Crippen LogP contribution in [0.15, 0.2) is 82.6 Å². The molecule has 5 N–H and O–H groups in total. The maximum absolute atomic E-state index is 13.6. The molecule has 13 heteroatoms. The van der Waals surface area contributed by atoms with Gasteiger partial charge in [-0.3, -0.25) is 0 Å². The number of hydrogen-bond donors (Lipinski definition) is 4. The van der Waals surface area contributed by atoms with Crippen molar-refractivity contribution in [2.24, 2.45) is 5.73 Å². The highest BCUT2D eigenvalue weighted by molar-refractivity contribution is 7.89. The van der Waals surface area contributed by atoms with E-state index < -0.39 is 31.8 Å². The van der Waals surface area contributed by atoms with E-state index in [9.17, 15) is 21.9 Å². The fourth-order valence-electron chi connectivity index (χ4n) is 6.26. The molecule has 1 aliphatic carbocycles. The van der Waals surface area contributed by atoms with Gasteiger partial charge in [-0.25, -0.2) is 21.6 Å². The smallest absolute Gasteiger partial charge is 0.243 e. The van der Waals surface area contributed by atoms with Gasteiger partial charge in [-0.05, 0) is 80.1 Å². The molecule has 248 valence electrons. The number of hydrogen-bond acceptors (Lipinski definition) is 9. The van der Waals surface area contributed by atoms with Gasteiger partial charge in [-0.15, -0.1) is 0 Å². The van der Waals surface area contributed by atoms with Crippen molar-refractivity contribution < 1.29 is 31.4 Å². The maximum Gasteiger partial charge on any atom is 0.243 e. The van der Waals surface area contributed by atoms with E-state index in [0.29, 0.717) is 44.7 Å². The van der Waals surface area contributed by atoms with Crippen molar-refractivity contribution in [2.45, 2.75) is 65.2 Å². The molecule has 1 spiro atoms. The molecule has 3 aromatic carbocycles. The molecular formula is C33H42N4O7S2. The van der Waals surface area contributed by atoms with Gasteiger partial charge in [0.1, 0.15) is 18.5 Å². The van der Waals surface area contributed by atoms with Crippen LogP contribution in [0, 0.1) is 0 Å². The van der Waals surface area contributed by atoms with Gasteiger partial charge in [0.05, 0.1) is 22.0 Å². The van der Waals surface area contributed by atoms with Crippen LogP contribution in [-0.4, -0.2) is 83.9 Å². The summed E-state index contributed by atoms with van der Waals surface area (Å²) in [5.41, 5.74) is 8.61. The summed E-state index contributed by atoms with van der Waals surface area (Å²) in [6.45, 7) is 1.46. The van der Waals surface area contributed by atoms with Gasteiger partial charge in [0, 0.05) is 37.3 Å². The number of sulfonamides is 2. The van der Waals surface area contributed by atoms with Gasteiger partial charge in [-0.1, -0.05) is 42.5 Å². The molecule has 3 aromatic rings. The predicted molar refractivity (Wildman–Crippen MR) is 174 cm³/mol. The van der Waals surface area contributed by atoms with Crippen LogP contribution in [0.1, 0.15) is 37.7 Å². The standard InChI is InChI=1S/C33H42N4O7S2/c1-35-45(39,40)30-6-3-5-29(19-30)43-23-28(38)21-36-27-20-32(44-22-27)14-16-37(17-15-32)46(41,42)31-7-2-4-25(18-31)24-8-10-26(11-9-24)33(34)12-13-33/h2-11,18-19,27-28,35-36,38H,12-17,20-23,34H2,1H3/t27-,28?/m0/s1. The first-order chi connectivity index (χ1) is 21.9. The lowest BCUT2D eigenvalue weighted by Crippen LogP contribution is -2.47. The quantitative estimate of drug-likeness (QED) is 0.227. The summed E-state index contributed by atoms with van der Waals surface area (Å²) in [4.78, 5) is 0.363. The molecule has 3 fully saturated rings. The number of aliphatic hydroxyl groups excluding tert-OH is 1. The predicted octanol–water partition coefficient (Wildman–Crippen LogP) is 2.55. The Morgan fingerprint density at radius 2 is 1.65 bits per heavy atom. The Morgan fingerprint density at radius 1 is 0.957 bits per heavy atom. The minimum absolute atomic E-state index is 0.0114. The molecular weight excluding hydrogens is 629 g/mol. The average Bonchev–Trinajstić information content (AvgIpc) is 3.71. The Morgan fingerprint density at radius 3 is 2.35 bits per heavy atom. The molecule has 0 amide bonds. The van der Waals surface area contributed by atoms with Crippen molar-refractivity contribution in [2.75, 3.05) is 39.9 Å². The van der Waals surface area contributed by atoms with Crippen LogP contribution in [0.3, 0.4) is 0 Å². The maximum atomic E-state index is 13.6. The zero-order valence-corrected chi connectivity index (χ0v) is 27.5. The molecule has 46 heavy (non-hydrogen) atoms. The second-order valence-corrected chi connectivity index (χ2v) is 16.4. The van der Waals surface area contributed by atoms with E-state index in [-0.39, 0.29) is 34.5 Å². The van der Waals surface area contributed by atoms with Gasteiger partial charge in [-0.2, -0.15) is 4.31 Å². The van der Waals surface area contributed by atoms with Crippen LogP contribution in [-0.2, 0) is 30.3 Å². The number of nitrogens with two attached hydrogens (primary N) is 1. The first-order valence-electron chi connectivity index (χ1n) is 15.6. The molecule has 0 bridgehead atoms. The number of nitrogens with one attached hydrogen (secondary N) is 2. The molecule has 0 radical (unpaired) electrons. The van der Waals surface area contributed by atoms with Crippen LogP contribution < -0.4 is 20.5 Å². The summed E-state index contributed by atoms with van der Waals surface area (Å²) >= 11 is 0. The topological polar surface area (TPSA) is 160 Å². The lowest BCUT2D eigenvalue weighted by molar-refractivity contribution is -0.0312. The normalized spacial score (nSPS) is 21.7. The fraction of sp³-hybridized carbons (Fsp3) is 0.455. The molecule has 3 aliphatic rings. The van der Waals surface area contributed by atoms with Crippen molar-refractivity contribution in [3.05, 3.63) is 78.4 Å². The molecule has 11 nitrogen and oxygen atoms in total. The molecule has 2 saturated heterocycles. The van der Waals surface area contributed by atoms with Gasteiger partial charge in [0.25, 0.3) is 0 Å². The third-order valence-electron chi connectivity index (χ3n) is 9.37. The Bertz CT molecular complexity index is 1750. The van der Waals surface area contributed by atoms with Crippen LogP contribution in [0.4, 0.5) is 0 Å². The van der Waals surface area contributed by atoms with Gasteiger partial charge in [0.15, 0.2) is 0 Å². The van der Waals surface area contributed by atoms with Gasteiger partial charge in [0.2, 0.25) is 20.0 Å². The van der Waals surface area contributed by atoms with Crippen molar-refractivity contribution in [3.8, 4) is 16.9 Å². The van der Waals surface area contributed by atoms with Crippen LogP contribution in [0.25, 0.3) is 11.1 Å². The van der Waals surface area contributed by atoms with Crippen molar-refractivity contribution in [1.29, 1.82) is 0 Å². The minimum Gasteiger partial charge on any atom is -0.491 e. The van der Waals surface area contributed by atoms with E-state index in [4.69, 9.17) is 15.2 Å². The fourth-order valence-corrected chi connectivity index (χ4v) is 8.52. The number of rotatable bonds is 12. The molecule has 2 aliphatic heterocycles. The molecule has 2 heterocycles. The highest BCUT2D eigenvalue weighted by Crippen LogP contribution is 2.43. The molecule has 2 atom stereocenters. The summed E-state index contributed by atoms with van der Waals surface area (Å²) in [7, 11) is -5.93. The van der Waals surface area contributed by atoms with Gasteiger partial charge >= 0.3 is 0 Å². The van der Waals surface area contributed by atoms with E-state index in [2.05, 4.69) is 10.0 Å². The van der Waals surface area contributed by atoms with E-state index in [1.165, 1.54) is 19.2 Å². The summed E-state index contributed by atoms with van der Waals surface area (Å²) < 4.78 is 67.0. The van der Waals surface area contributed by atoms with E-state index in [1.54, 1.807) is 34.6 Å². The molecule has 0 aromatic heterocycles. The molecule has 6 rings (SSSR count). The summed E-state index contributed by atoms with van der Waals surface area (Å²) in [6.07, 6.45) is 3.05. The summed E-state index contributed by atoms with van der Waals surface area (Å²) in [5, 5.41) is 13.8. The van der Waals surface area contributed by atoms with Crippen molar-refractivity contribution in [1.82, 2.24) is 14.3 Å². The van der Waals surface area contributed by atoms with E-state index in [0.717, 1.165) is 29.5 Å². The Kier molecular flexibility index (Phi) is 9.31. The zero-order valence-electron chi connectivity index (χ0n) is 25.9. The monoisotopic (exact) mass is 670 g/mol. The van der Waals surface area contributed by atoms with Crippen LogP contribution in [0.5, 0.6) is 5.75 Å². The Hall–Kier alpha value is -2.88. The minimum atomic E-state index is -3.68. The van der Waals surface area contributed by atoms with E-state index >= 15 is 0 Å². The summed E-state index contributed by atoms with van der Waals surface area (Å²) in [5.74, 6) is 0.347. The number of ether oxygens (including phenoxy) is 2. The Balaban J connectivity index is 0.985. The lowest BCUT2D eigenvalue weighted by atomic mass is 9.88. The second-order valence-electron chi connectivity index (χ2n) is 12.6. The lowest BCUT2D eigenvalue weighted by Gasteiger charge is -2.38. The number of aliphatic hydroxyl groups is 1. The third kappa shape index (κ3) is 7.16. The van der Waals surface area contributed by atoms with Crippen molar-refractivity contribution in [3.63, 3.8) is 0 Å². The van der Waals surface area contributed by atoms with Gasteiger partial charge < -0.3 is 25.6 Å². The van der Waals surface area contributed by atoms with E-state index in [1.807, 2.05) is 30.3 Å². The SMILES string of the molecule is CNS(=O)(=O)c1cccc(OCC(O)CN[C@@H]2COC3(CCN(S(=O)(=O)c4cccc(-c5ccc(C6(N)CC6)cc5)c4)CC3)C2)c1. The number of benzene rings is 3. The summed E-state index contributed by atoms with van der Waals surface area (Å²) in [6, 6.07) is 21.3. The largest absolute Gasteiger partial charge is 0.491 e. The van der Waals surface area contributed by atoms with Crippen molar-refractivity contribution >= 4 is 20.0 Å². The highest BCUT2D eigenvalue weighted by atomic mass is 32.2. The first-order valence-corrected chi connectivity index (χ1v) is 18.6. The number of piperidine rings is 1. The molecule has 1 saturated carbocycles. The highest BCUT2D eigenvalue weighted by Gasteiger charge is 2.45. The first kappa shape index (κ1) is 33.0. The Labute approximate surface area is 271 Å². The van der Waals surface area contributed by atoms with Crippen LogP contribution in [0.2, 0.25) is 0 Å². The number of nitrogens with zero attached hydrogens (tertiary/aromatic N) is 1. The average molecular weight is 671 g/mol. The van der Waals surface area contributed by atoms with Crippen LogP contribution >= 0.6 is 0 Å². The second kappa shape index (κ2) is 13.0.